The van der Waals surface area contributed by atoms with Gasteiger partial charge in [0.15, 0.2) is 0 Å². The number of rotatable bonds is 3. The Bertz CT molecular complexity index is 157. The quantitative estimate of drug-likeness (QED) is 0.722. The molecule has 1 heterocycles. The molecule has 0 aromatic carbocycles. The molecule has 2 heteroatoms. The number of nitrogens with one attached hydrogen (secondary N) is 1. The predicted octanol–water partition coefficient (Wildman–Crippen LogP) is 1.95. The summed E-state index contributed by atoms with van der Waals surface area (Å²) < 4.78 is 5.38. The highest BCUT2D eigenvalue weighted by Gasteiger charge is 2.41. The highest BCUT2D eigenvalue weighted by atomic mass is 16.5. The molecule has 0 amide bonds. The lowest BCUT2D eigenvalue weighted by Gasteiger charge is -2.35. The Morgan fingerprint density at radius 3 is 2.62 bits per heavy atom. The molecule has 1 atom stereocenters. The average molecular weight is 183 g/mol. The third-order valence-electron chi connectivity index (χ3n) is 3.82. The van der Waals surface area contributed by atoms with Crippen molar-refractivity contribution in [2.45, 2.75) is 44.1 Å². The number of ether oxygens (including phenoxy) is 1. The van der Waals surface area contributed by atoms with Gasteiger partial charge in [-0.05, 0) is 38.1 Å². The van der Waals surface area contributed by atoms with Crippen LogP contribution >= 0.6 is 0 Å². The van der Waals surface area contributed by atoms with Crippen molar-refractivity contribution in [1.29, 1.82) is 0 Å². The van der Waals surface area contributed by atoms with Gasteiger partial charge in [0.25, 0.3) is 0 Å². The first-order valence-electron chi connectivity index (χ1n) is 5.61. The van der Waals surface area contributed by atoms with Gasteiger partial charge in [-0.25, -0.2) is 0 Å². The van der Waals surface area contributed by atoms with Crippen LogP contribution in [0.5, 0.6) is 0 Å². The third kappa shape index (κ3) is 1.75. The molecule has 0 radical (unpaired) electrons. The highest BCUT2D eigenvalue weighted by molar-refractivity contribution is 4.99. The Morgan fingerprint density at radius 1 is 1.31 bits per heavy atom. The molecular formula is C11H21NO. The SMILES string of the molecule is COCC1(C2CCCC2)CCCN1. The molecule has 0 spiro atoms. The first kappa shape index (κ1) is 9.47. The van der Waals surface area contributed by atoms with Crippen LogP contribution in [0.25, 0.3) is 0 Å². The van der Waals surface area contributed by atoms with E-state index in [2.05, 4.69) is 5.32 Å². The van der Waals surface area contributed by atoms with Crippen LogP contribution in [0.4, 0.5) is 0 Å². The molecule has 2 rings (SSSR count). The van der Waals surface area contributed by atoms with E-state index in [0.29, 0.717) is 5.54 Å². The normalized spacial score (nSPS) is 35.8. The Labute approximate surface area is 81.0 Å². The van der Waals surface area contributed by atoms with Gasteiger partial charge in [0, 0.05) is 12.6 Å². The fourth-order valence-electron chi connectivity index (χ4n) is 3.16. The summed E-state index contributed by atoms with van der Waals surface area (Å²) in [5, 5.41) is 3.69. The van der Waals surface area contributed by atoms with E-state index in [-0.39, 0.29) is 0 Å². The lowest BCUT2D eigenvalue weighted by atomic mass is 9.82. The molecule has 1 N–H and O–H groups in total. The van der Waals surface area contributed by atoms with E-state index in [4.69, 9.17) is 4.74 Å². The van der Waals surface area contributed by atoms with E-state index in [1.165, 1.54) is 45.1 Å². The summed E-state index contributed by atoms with van der Waals surface area (Å²) in [6.45, 7) is 2.11. The van der Waals surface area contributed by atoms with Crippen molar-refractivity contribution < 1.29 is 4.74 Å². The second kappa shape index (κ2) is 3.97. The van der Waals surface area contributed by atoms with Crippen LogP contribution < -0.4 is 5.32 Å². The molecular weight excluding hydrogens is 162 g/mol. The molecule has 0 aromatic rings. The topological polar surface area (TPSA) is 21.3 Å². The summed E-state index contributed by atoms with van der Waals surface area (Å²) in [7, 11) is 1.83. The third-order valence-corrected chi connectivity index (χ3v) is 3.82. The van der Waals surface area contributed by atoms with Gasteiger partial charge in [-0.15, -0.1) is 0 Å². The maximum absolute atomic E-state index is 5.38. The van der Waals surface area contributed by atoms with Gasteiger partial charge in [-0.1, -0.05) is 12.8 Å². The van der Waals surface area contributed by atoms with Gasteiger partial charge in [-0.2, -0.15) is 0 Å². The first-order valence-corrected chi connectivity index (χ1v) is 5.61. The maximum atomic E-state index is 5.38. The summed E-state index contributed by atoms with van der Waals surface area (Å²) >= 11 is 0. The molecule has 2 aliphatic rings. The van der Waals surface area contributed by atoms with Crippen molar-refractivity contribution in [3.8, 4) is 0 Å². The van der Waals surface area contributed by atoms with E-state index in [9.17, 15) is 0 Å². The molecule has 1 aliphatic heterocycles. The second-order valence-corrected chi connectivity index (χ2v) is 4.60. The molecule has 0 bridgehead atoms. The minimum atomic E-state index is 0.352. The Kier molecular flexibility index (Phi) is 2.89. The molecule has 1 saturated carbocycles. The molecule has 2 nitrogen and oxygen atoms in total. The zero-order valence-electron chi connectivity index (χ0n) is 8.64. The molecule has 76 valence electrons. The van der Waals surface area contributed by atoms with E-state index >= 15 is 0 Å². The molecule has 1 aliphatic carbocycles. The summed E-state index contributed by atoms with van der Waals surface area (Å²) in [5.74, 6) is 0.884. The van der Waals surface area contributed by atoms with Gasteiger partial charge in [-0.3, -0.25) is 0 Å². The highest BCUT2D eigenvalue weighted by Crippen LogP contribution is 2.39. The Balaban J connectivity index is 2.02. The smallest absolute Gasteiger partial charge is 0.0647 e. The van der Waals surface area contributed by atoms with Gasteiger partial charge < -0.3 is 10.1 Å². The van der Waals surface area contributed by atoms with Crippen LogP contribution in [0.1, 0.15) is 38.5 Å². The molecule has 0 aromatic heterocycles. The van der Waals surface area contributed by atoms with E-state index in [1.807, 2.05) is 7.11 Å². The van der Waals surface area contributed by atoms with Crippen molar-refractivity contribution in [2.75, 3.05) is 20.3 Å². The maximum Gasteiger partial charge on any atom is 0.0647 e. The van der Waals surface area contributed by atoms with Crippen LogP contribution in [-0.4, -0.2) is 25.8 Å². The average Bonchev–Trinajstić information content (AvgIpc) is 2.73. The van der Waals surface area contributed by atoms with Gasteiger partial charge in [0.05, 0.1) is 6.61 Å². The van der Waals surface area contributed by atoms with Crippen molar-refractivity contribution in [3.63, 3.8) is 0 Å². The van der Waals surface area contributed by atoms with Crippen LogP contribution in [0, 0.1) is 5.92 Å². The monoisotopic (exact) mass is 183 g/mol. The van der Waals surface area contributed by atoms with Gasteiger partial charge in [0.2, 0.25) is 0 Å². The van der Waals surface area contributed by atoms with Crippen LogP contribution in [0.15, 0.2) is 0 Å². The molecule has 13 heavy (non-hydrogen) atoms. The molecule has 2 fully saturated rings. The molecule has 1 unspecified atom stereocenters. The predicted molar refractivity (Wildman–Crippen MR) is 53.8 cm³/mol. The number of hydrogen-bond acceptors (Lipinski definition) is 2. The lowest BCUT2D eigenvalue weighted by molar-refractivity contribution is 0.0820. The zero-order valence-corrected chi connectivity index (χ0v) is 8.64. The van der Waals surface area contributed by atoms with Crippen molar-refractivity contribution >= 4 is 0 Å². The minimum Gasteiger partial charge on any atom is -0.383 e. The minimum absolute atomic E-state index is 0.352. The molecule has 1 saturated heterocycles. The van der Waals surface area contributed by atoms with Crippen LogP contribution in [0.3, 0.4) is 0 Å². The van der Waals surface area contributed by atoms with E-state index in [0.717, 1.165) is 12.5 Å². The van der Waals surface area contributed by atoms with E-state index in [1.54, 1.807) is 0 Å². The summed E-state index contributed by atoms with van der Waals surface area (Å²) in [6.07, 6.45) is 8.34. The Morgan fingerprint density at radius 2 is 2.08 bits per heavy atom. The van der Waals surface area contributed by atoms with Crippen molar-refractivity contribution in [1.82, 2.24) is 5.32 Å². The van der Waals surface area contributed by atoms with Crippen molar-refractivity contribution in [2.24, 2.45) is 5.92 Å². The van der Waals surface area contributed by atoms with Crippen LogP contribution in [-0.2, 0) is 4.74 Å². The summed E-state index contributed by atoms with van der Waals surface area (Å²) in [5.41, 5.74) is 0.352. The lowest BCUT2D eigenvalue weighted by Crippen LogP contribution is -2.49. The number of methoxy groups -OCH3 is 1. The van der Waals surface area contributed by atoms with Crippen LogP contribution in [0.2, 0.25) is 0 Å². The first-order chi connectivity index (χ1) is 6.37. The van der Waals surface area contributed by atoms with Gasteiger partial charge >= 0.3 is 0 Å². The summed E-state index contributed by atoms with van der Waals surface area (Å²) in [6, 6.07) is 0. The van der Waals surface area contributed by atoms with E-state index < -0.39 is 0 Å². The fourth-order valence-corrected chi connectivity index (χ4v) is 3.16. The Hall–Kier alpha value is -0.0800. The second-order valence-electron chi connectivity index (χ2n) is 4.60. The fraction of sp³-hybridized carbons (Fsp3) is 1.00. The van der Waals surface area contributed by atoms with Crippen molar-refractivity contribution in [3.05, 3.63) is 0 Å². The zero-order chi connectivity index (χ0) is 9.15. The standard InChI is InChI=1S/C11H21NO/c1-13-9-11(7-4-8-12-11)10-5-2-3-6-10/h10,12H,2-9H2,1H3. The largest absolute Gasteiger partial charge is 0.383 e. The summed E-state index contributed by atoms with van der Waals surface area (Å²) in [4.78, 5) is 0. The number of hydrogen-bond donors (Lipinski definition) is 1. The van der Waals surface area contributed by atoms with Gasteiger partial charge in [0.1, 0.15) is 0 Å².